The third kappa shape index (κ3) is 7.17. The van der Waals surface area contributed by atoms with Crippen molar-refractivity contribution in [2.75, 3.05) is 0 Å². The van der Waals surface area contributed by atoms with E-state index in [1.165, 1.54) is 25.3 Å². The van der Waals surface area contributed by atoms with Crippen molar-refractivity contribution in [3.8, 4) is 34.8 Å². The second-order valence-corrected chi connectivity index (χ2v) is 8.26. The van der Waals surface area contributed by atoms with Crippen LogP contribution in [0, 0.1) is 48.1 Å². The average molecular weight is 488 g/mol. The predicted molar refractivity (Wildman–Crippen MR) is 139 cm³/mol. The van der Waals surface area contributed by atoms with Crippen LogP contribution < -0.4 is 0 Å². The lowest BCUT2D eigenvalue weighted by Gasteiger charge is -2.07. The quantitative estimate of drug-likeness (QED) is 0.147. The zero-order valence-electron chi connectivity index (χ0n) is 19.6. The van der Waals surface area contributed by atoms with Crippen LogP contribution in [0.3, 0.4) is 0 Å². The number of benzene rings is 3. The monoisotopic (exact) mass is 487 g/mol. The molecule has 0 aliphatic heterocycles. The minimum Gasteiger partial charge on any atom is -0.206 e. The van der Waals surface area contributed by atoms with Gasteiger partial charge in [0, 0.05) is 17.5 Å². The molecule has 0 atom stereocenters. The summed E-state index contributed by atoms with van der Waals surface area (Å²) in [6.45, 7) is 3.93. The Morgan fingerprint density at radius 1 is 0.771 bits per heavy atom. The summed E-state index contributed by atoms with van der Waals surface area (Å²) in [5, 5.41) is 1.93. The summed E-state index contributed by atoms with van der Waals surface area (Å²) < 4.78 is 42.9. The van der Waals surface area contributed by atoms with Crippen molar-refractivity contribution in [3.63, 3.8) is 0 Å². The molecule has 3 aromatic rings. The maximum atomic E-state index is 14.9. The van der Waals surface area contributed by atoms with Gasteiger partial charge in [-0.15, -0.1) is 0 Å². The molecule has 176 valence electrons. The second kappa shape index (κ2) is 12.7. The number of aryl methyl sites for hydroxylation is 1. The molecule has 0 saturated carbocycles. The molecular weight excluding hydrogens is 463 g/mol. The topological polar surface area (TPSA) is 12.4 Å². The van der Waals surface area contributed by atoms with Gasteiger partial charge < -0.3 is 0 Å². The van der Waals surface area contributed by atoms with Crippen LogP contribution in [-0.4, -0.2) is 5.16 Å². The first-order valence-electron chi connectivity index (χ1n) is 11.4. The van der Waals surface area contributed by atoms with Gasteiger partial charge in [0.1, 0.15) is 11.5 Å². The van der Waals surface area contributed by atoms with E-state index in [4.69, 9.17) is 0 Å². The Morgan fingerprint density at radius 2 is 1.49 bits per heavy atom. The fourth-order valence-electron chi connectivity index (χ4n) is 3.54. The van der Waals surface area contributed by atoms with Gasteiger partial charge in [-0.2, -0.15) is 4.99 Å². The number of aliphatic imine (C=N–C) groups is 1. The van der Waals surface area contributed by atoms with Crippen LogP contribution in [0.1, 0.15) is 61.3 Å². The number of halogens is 3. The second-order valence-electron chi connectivity index (χ2n) is 8.08. The highest BCUT2D eigenvalue weighted by molar-refractivity contribution is 7.78. The number of hydrogen-bond donors (Lipinski definition) is 0. The molecule has 0 aromatic heterocycles. The first kappa shape index (κ1) is 26.0. The normalized spacial score (nSPS) is 9.97. The summed E-state index contributed by atoms with van der Waals surface area (Å²) in [4.78, 5) is 3.36. The molecule has 5 heteroatoms. The molecule has 0 bridgehead atoms. The zero-order chi connectivity index (χ0) is 25.2. The van der Waals surface area contributed by atoms with Gasteiger partial charge in [0.15, 0.2) is 11.6 Å². The molecule has 0 amide bonds. The van der Waals surface area contributed by atoms with E-state index in [2.05, 4.69) is 47.8 Å². The lowest BCUT2D eigenvalue weighted by atomic mass is 9.98. The van der Waals surface area contributed by atoms with Crippen molar-refractivity contribution in [2.24, 2.45) is 4.99 Å². The van der Waals surface area contributed by atoms with Crippen LogP contribution >= 0.6 is 12.2 Å². The van der Waals surface area contributed by atoms with Crippen molar-refractivity contribution in [1.82, 2.24) is 0 Å². The van der Waals surface area contributed by atoms with E-state index in [1.54, 1.807) is 6.92 Å². The predicted octanol–water partition coefficient (Wildman–Crippen LogP) is 8.54. The lowest BCUT2D eigenvalue weighted by Crippen LogP contribution is -1.92. The molecule has 0 aliphatic rings. The molecular formula is C30H24F3NS. The number of rotatable bonds is 6. The largest absolute Gasteiger partial charge is 0.206 e. The van der Waals surface area contributed by atoms with Crippen molar-refractivity contribution in [1.29, 1.82) is 0 Å². The van der Waals surface area contributed by atoms with Crippen molar-refractivity contribution >= 4 is 23.1 Å². The summed E-state index contributed by atoms with van der Waals surface area (Å²) in [6.07, 6.45) is 5.66. The summed E-state index contributed by atoms with van der Waals surface area (Å²) in [7, 11) is 0. The summed E-state index contributed by atoms with van der Waals surface area (Å²) in [5.41, 5.74) is 2.82. The molecule has 0 heterocycles. The van der Waals surface area contributed by atoms with Crippen LogP contribution in [0.4, 0.5) is 18.9 Å². The maximum absolute atomic E-state index is 14.9. The van der Waals surface area contributed by atoms with E-state index < -0.39 is 23.1 Å². The third-order valence-corrected chi connectivity index (χ3v) is 5.49. The number of isothiocyanates is 1. The highest BCUT2D eigenvalue weighted by atomic mass is 32.1. The van der Waals surface area contributed by atoms with Crippen molar-refractivity contribution in [3.05, 3.63) is 88.2 Å². The average Bonchev–Trinajstić information content (AvgIpc) is 2.83. The molecule has 0 saturated heterocycles. The van der Waals surface area contributed by atoms with Crippen LogP contribution in [-0.2, 0) is 0 Å². The Morgan fingerprint density at radius 3 is 2.11 bits per heavy atom. The van der Waals surface area contributed by atoms with Crippen molar-refractivity contribution < 1.29 is 13.2 Å². The van der Waals surface area contributed by atoms with Gasteiger partial charge in [-0.05, 0) is 78.7 Å². The molecule has 0 aliphatic carbocycles. The van der Waals surface area contributed by atoms with Crippen LogP contribution in [0.2, 0.25) is 0 Å². The molecule has 0 radical (unpaired) electrons. The number of unbranched alkanes of at least 4 members (excludes halogenated alkanes) is 4. The third-order valence-electron chi connectivity index (χ3n) is 5.40. The first-order valence-corrected chi connectivity index (χ1v) is 11.8. The summed E-state index contributed by atoms with van der Waals surface area (Å²) >= 11 is 4.39. The SMILES string of the molecule is CCCCCCC#Cc1ccc(-c2cc(C)c(C#Cc3cc(F)c(N=C=S)c(F)c3)c(F)c2)cc1. The van der Waals surface area contributed by atoms with Gasteiger partial charge in [-0.3, -0.25) is 0 Å². The first-order chi connectivity index (χ1) is 16.9. The van der Waals surface area contributed by atoms with E-state index in [9.17, 15) is 13.2 Å². The maximum Gasteiger partial charge on any atom is 0.153 e. The standard InChI is InChI=1S/C30H24F3NS/c1-3-4-5-6-7-8-9-22-10-13-24(14-11-22)25-16-21(2)26(27(31)19-25)15-12-23-17-28(32)30(34-20-35)29(33)18-23/h10-11,13-14,16-19H,3-7H2,1-2H3. The van der Waals surface area contributed by atoms with Gasteiger partial charge in [0.05, 0.1) is 10.7 Å². The van der Waals surface area contributed by atoms with Crippen LogP contribution in [0.5, 0.6) is 0 Å². The molecule has 3 rings (SSSR count). The van der Waals surface area contributed by atoms with Crippen LogP contribution in [0.25, 0.3) is 11.1 Å². The highest BCUT2D eigenvalue weighted by Gasteiger charge is 2.11. The Kier molecular flexibility index (Phi) is 9.45. The Hall–Kier alpha value is -3.63. The van der Waals surface area contributed by atoms with E-state index in [-0.39, 0.29) is 11.1 Å². The fourth-order valence-corrected chi connectivity index (χ4v) is 3.64. The van der Waals surface area contributed by atoms with Crippen molar-refractivity contribution in [2.45, 2.75) is 46.0 Å². The zero-order valence-corrected chi connectivity index (χ0v) is 20.5. The van der Waals surface area contributed by atoms with Gasteiger partial charge >= 0.3 is 0 Å². The molecule has 35 heavy (non-hydrogen) atoms. The Balaban J connectivity index is 1.78. The van der Waals surface area contributed by atoms with Crippen LogP contribution in [0.15, 0.2) is 53.5 Å². The van der Waals surface area contributed by atoms with Gasteiger partial charge in [0.25, 0.3) is 0 Å². The molecule has 0 fully saturated rings. The molecule has 0 N–H and O–H groups in total. The van der Waals surface area contributed by atoms with E-state index in [0.29, 0.717) is 11.1 Å². The Labute approximate surface area is 210 Å². The number of thiocarbonyl (C=S) groups is 1. The number of nitrogens with zero attached hydrogens (tertiary/aromatic N) is 1. The summed E-state index contributed by atoms with van der Waals surface area (Å²) in [6, 6.07) is 13.0. The van der Waals surface area contributed by atoms with Gasteiger partial charge in [0.2, 0.25) is 0 Å². The molecule has 3 aromatic carbocycles. The lowest BCUT2D eigenvalue weighted by molar-refractivity contribution is 0.587. The smallest absolute Gasteiger partial charge is 0.153 e. The van der Waals surface area contributed by atoms with Gasteiger partial charge in [-0.1, -0.05) is 62.0 Å². The minimum atomic E-state index is -0.913. The van der Waals surface area contributed by atoms with Gasteiger partial charge in [-0.25, -0.2) is 13.2 Å². The highest BCUT2D eigenvalue weighted by Crippen LogP contribution is 2.26. The fraction of sp³-hybridized carbons (Fsp3) is 0.233. The minimum absolute atomic E-state index is 0.0632. The number of hydrogen-bond acceptors (Lipinski definition) is 2. The molecule has 0 unspecified atom stereocenters. The summed E-state index contributed by atoms with van der Waals surface area (Å²) in [5.74, 6) is 9.35. The molecule has 0 spiro atoms. The van der Waals surface area contributed by atoms with E-state index in [1.807, 2.05) is 35.5 Å². The van der Waals surface area contributed by atoms with E-state index >= 15 is 0 Å². The van der Waals surface area contributed by atoms with E-state index in [0.717, 1.165) is 36.1 Å². The molecule has 1 nitrogen and oxygen atoms in total. The Bertz CT molecular complexity index is 1330.